The first kappa shape index (κ1) is 15.3. The van der Waals surface area contributed by atoms with Gasteiger partial charge in [-0.1, -0.05) is 48.5 Å². The van der Waals surface area contributed by atoms with Crippen LogP contribution in [0.15, 0.2) is 72.8 Å². The SMILES string of the molecule is O=C(NCCc1ccccc1)c1cccc2nc3ccccc3nc12. The Kier molecular flexibility index (Phi) is 4.09. The molecule has 4 heteroatoms. The standard InChI is InChI=1S/C21H17N3O/c25-21(22-14-13-15-7-2-1-3-8-15)16-9-6-12-19-20(16)24-18-11-5-4-10-17(18)23-19/h1-12H,13-14H2,(H,22,25). The summed E-state index contributed by atoms with van der Waals surface area (Å²) in [6, 6.07) is 23.3. The number of para-hydroxylation sites is 3. The second-order valence-corrected chi connectivity index (χ2v) is 5.88. The van der Waals surface area contributed by atoms with Crippen molar-refractivity contribution in [1.29, 1.82) is 0 Å². The Balaban J connectivity index is 1.59. The summed E-state index contributed by atoms with van der Waals surface area (Å²) in [5, 5.41) is 2.98. The molecule has 1 heterocycles. The Morgan fingerprint density at radius 2 is 1.44 bits per heavy atom. The molecule has 25 heavy (non-hydrogen) atoms. The Morgan fingerprint density at radius 3 is 2.24 bits per heavy atom. The van der Waals surface area contributed by atoms with Gasteiger partial charge in [-0.25, -0.2) is 9.97 Å². The van der Waals surface area contributed by atoms with Gasteiger partial charge >= 0.3 is 0 Å². The van der Waals surface area contributed by atoms with Crippen LogP contribution < -0.4 is 5.32 Å². The highest BCUT2D eigenvalue weighted by Gasteiger charge is 2.12. The van der Waals surface area contributed by atoms with Gasteiger partial charge in [0.05, 0.1) is 22.1 Å². The maximum absolute atomic E-state index is 12.6. The van der Waals surface area contributed by atoms with E-state index in [0.29, 0.717) is 17.6 Å². The van der Waals surface area contributed by atoms with Crippen LogP contribution in [0.5, 0.6) is 0 Å². The Bertz CT molecular complexity index is 1040. The van der Waals surface area contributed by atoms with E-state index in [2.05, 4.69) is 27.4 Å². The van der Waals surface area contributed by atoms with Crippen LogP contribution >= 0.6 is 0 Å². The third kappa shape index (κ3) is 3.19. The fourth-order valence-electron chi connectivity index (χ4n) is 2.89. The zero-order valence-electron chi connectivity index (χ0n) is 13.6. The van der Waals surface area contributed by atoms with E-state index >= 15 is 0 Å². The van der Waals surface area contributed by atoms with Crippen LogP contribution in [0.25, 0.3) is 22.1 Å². The minimum absolute atomic E-state index is 0.119. The predicted molar refractivity (Wildman–Crippen MR) is 99.5 cm³/mol. The Morgan fingerprint density at radius 1 is 0.760 bits per heavy atom. The molecule has 0 aliphatic rings. The van der Waals surface area contributed by atoms with E-state index in [0.717, 1.165) is 23.0 Å². The lowest BCUT2D eigenvalue weighted by Gasteiger charge is -2.08. The maximum Gasteiger partial charge on any atom is 0.253 e. The first-order chi connectivity index (χ1) is 12.3. The number of rotatable bonds is 4. The predicted octanol–water partition coefficient (Wildman–Crippen LogP) is 3.76. The van der Waals surface area contributed by atoms with Crippen LogP contribution in [0.4, 0.5) is 0 Å². The molecule has 1 aromatic heterocycles. The number of hydrogen-bond donors (Lipinski definition) is 1. The van der Waals surface area contributed by atoms with Crippen LogP contribution in [-0.2, 0) is 6.42 Å². The molecule has 0 spiro atoms. The average molecular weight is 327 g/mol. The minimum Gasteiger partial charge on any atom is -0.352 e. The number of nitrogens with zero attached hydrogens (tertiary/aromatic N) is 2. The quantitative estimate of drug-likeness (QED) is 0.581. The largest absolute Gasteiger partial charge is 0.352 e. The van der Waals surface area contributed by atoms with Gasteiger partial charge in [0.2, 0.25) is 0 Å². The van der Waals surface area contributed by atoms with Gasteiger partial charge in [0, 0.05) is 6.54 Å². The first-order valence-electron chi connectivity index (χ1n) is 8.29. The molecule has 0 aliphatic heterocycles. The number of hydrogen-bond acceptors (Lipinski definition) is 3. The second kappa shape index (κ2) is 6.69. The number of fused-ring (bicyclic) bond motifs is 2. The number of aromatic nitrogens is 2. The summed E-state index contributed by atoms with van der Waals surface area (Å²) in [6.45, 7) is 0.584. The van der Waals surface area contributed by atoms with Crippen LogP contribution in [0.2, 0.25) is 0 Å². The smallest absolute Gasteiger partial charge is 0.253 e. The Labute approximate surface area is 145 Å². The molecule has 4 nitrogen and oxygen atoms in total. The summed E-state index contributed by atoms with van der Waals surface area (Å²) in [4.78, 5) is 21.9. The van der Waals surface area contributed by atoms with Gasteiger partial charge in [0.25, 0.3) is 5.91 Å². The Hall–Kier alpha value is -3.27. The third-order valence-corrected chi connectivity index (χ3v) is 4.16. The maximum atomic E-state index is 12.6. The van der Waals surface area contributed by atoms with Crippen LogP contribution in [0, 0.1) is 0 Å². The van der Waals surface area contributed by atoms with Crippen LogP contribution in [0.1, 0.15) is 15.9 Å². The molecule has 3 aromatic carbocycles. The summed E-state index contributed by atoms with van der Waals surface area (Å²) >= 11 is 0. The van der Waals surface area contributed by atoms with Crippen molar-refractivity contribution < 1.29 is 4.79 Å². The van der Waals surface area contributed by atoms with E-state index < -0.39 is 0 Å². The molecule has 0 radical (unpaired) electrons. The van der Waals surface area contributed by atoms with Crippen molar-refractivity contribution in [2.75, 3.05) is 6.54 Å². The number of carbonyl (C=O) groups is 1. The highest BCUT2D eigenvalue weighted by molar-refractivity contribution is 6.06. The first-order valence-corrected chi connectivity index (χ1v) is 8.29. The number of carbonyl (C=O) groups excluding carboxylic acids is 1. The van der Waals surface area contributed by atoms with Crippen molar-refractivity contribution in [2.45, 2.75) is 6.42 Å². The molecule has 0 saturated carbocycles. The van der Waals surface area contributed by atoms with Gasteiger partial charge in [-0.05, 0) is 36.2 Å². The van der Waals surface area contributed by atoms with E-state index in [9.17, 15) is 4.79 Å². The van der Waals surface area contributed by atoms with E-state index in [1.165, 1.54) is 5.56 Å². The molecular formula is C21H17N3O. The van der Waals surface area contributed by atoms with E-state index in [1.807, 2.05) is 54.6 Å². The van der Waals surface area contributed by atoms with Gasteiger partial charge < -0.3 is 5.32 Å². The van der Waals surface area contributed by atoms with Gasteiger partial charge in [0.1, 0.15) is 5.52 Å². The summed E-state index contributed by atoms with van der Waals surface area (Å²) in [5.74, 6) is -0.119. The molecule has 0 saturated heterocycles. The molecule has 1 N–H and O–H groups in total. The van der Waals surface area contributed by atoms with Gasteiger partial charge in [-0.2, -0.15) is 0 Å². The van der Waals surface area contributed by atoms with Gasteiger partial charge in [-0.15, -0.1) is 0 Å². The number of nitrogens with one attached hydrogen (secondary N) is 1. The summed E-state index contributed by atoms with van der Waals surface area (Å²) in [7, 11) is 0. The molecule has 0 aliphatic carbocycles. The monoisotopic (exact) mass is 327 g/mol. The number of benzene rings is 3. The molecule has 122 valence electrons. The van der Waals surface area contributed by atoms with E-state index in [4.69, 9.17) is 0 Å². The second-order valence-electron chi connectivity index (χ2n) is 5.88. The van der Waals surface area contributed by atoms with Crippen molar-refractivity contribution in [3.63, 3.8) is 0 Å². The lowest BCUT2D eigenvalue weighted by atomic mass is 10.1. The number of amides is 1. The van der Waals surface area contributed by atoms with Crippen molar-refractivity contribution in [1.82, 2.24) is 15.3 Å². The fraction of sp³-hybridized carbons (Fsp3) is 0.0952. The lowest BCUT2D eigenvalue weighted by molar-refractivity contribution is 0.0955. The van der Waals surface area contributed by atoms with Gasteiger partial charge in [-0.3, -0.25) is 4.79 Å². The fourth-order valence-corrected chi connectivity index (χ4v) is 2.89. The zero-order chi connectivity index (χ0) is 17.1. The molecule has 0 bridgehead atoms. The van der Waals surface area contributed by atoms with Crippen molar-refractivity contribution in [3.8, 4) is 0 Å². The zero-order valence-corrected chi connectivity index (χ0v) is 13.6. The topological polar surface area (TPSA) is 54.9 Å². The molecule has 0 atom stereocenters. The molecular weight excluding hydrogens is 310 g/mol. The van der Waals surface area contributed by atoms with Crippen molar-refractivity contribution in [2.24, 2.45) is 0 Å². The highest BCUT2D eigenvalue weighted by Crippen LogP contribution is 2.19. The highest BCUT2D eigenvalue weighted by atomic mass is 16.1. The van der Waals surface area contributed by atoms with E-state index in [1.54, 1.807) is 6.07 Å². The van der Waals surface area contributed by atoms with Crippen LogP contribution in [-0.4, -0.2) is 22.4 Å². The van der Waals surface area contributed by atoms with Crippen molar-refractivity contribution in [3.05, 3.63) is 83.9 Å². The summed E-state index contributed by atoms with van der Waals surface area (Å²) in [6.07, 6.45) is 0.798. The van der Waals surface area contributed by atoms with E-state index in [-0.39, 0.29) is 5.91 Å². The van der Waals surface area contributed by atoms with Crippen LogP contribution in [0.3, 0.4) is 0 Å². The summed E-state index contributed by atoms with van der Waals surface area (Å²) < 4.78 is 0. The average Bonchev–Trinajstić information content (AvgIpc) is 2.66. The minimum atomic E-state index is -0.119. The lowest BCUT2D eigenvalue weighted by Crippen LogP contribution is -2.26. The normalized spacial score (nSPS) is 10.9. The van der Waals surface area contributed by atoms with Crippen molar-refractivity contribution >= 4 is 28.0 Å². The molecule has 1 amide bonds. The third-order valence-electron chi connectivity index (χ3n) is 4.16. The molecule has 4 aromatic rings. The molecule has 4 rings (SSSR count). The molecule has 0 unspecified atom stereocenters. The van der Waals surface area contributed by atoms with Gasteiger partial charge in [0.15, 0.2) is 0 Å². The molecule has 0 fully saturated rings. The summed E-state index contributed by atoms with van der Waals surface area (Å²) in [5.41, 5.74) is 4.75.